The van der Waals surface area contributed by atoms with Crippen molar-refractivity contribution in [3.05, 3.63) is 48.5 Å². The van der Waals surface area contributed by atoms with E-state index in [-0.39, 0.29) is 5.75 Å². The Labute approximate surface area is 93.1 Å². The number of phenols is 1. The third-order valence-corrected chi connectivity index (χ3v) is 2.00. The van der Waals surface area contributed by atoms with E-state index in [0.717, 1.165) is 0 Å². The Morgan fingerprint density at radius 3 is 2.25 bits per heavy atom. The first-order chi connectivity index (χ1) is 7.74. The van der Waals surface area contributed by atoms with E-state index < -0.39 is 0 Å². The van der Waals surface area contributed by atoms with E-state index in [1.807, 2.05) is 12.1 Å². The zero-order chi connectivity index (χ0) is 11.4. The zero-order valence-corrected chi connectivity index (χ0v) is 8.54. The second-order valence-electron chi connectivity index (χ2n) is 3.31. The van der Waals surface area contributed by atoms with Gasteiger partial charge in [0, 0.05) is 5.69 Å². The molecule has 0 atom stereocenters. The van der Waals surface area contributed by atoms with Crippen LogP contribution < -0.4 is 5.73 Å². The van der Waals surface area contributed by atoms with Gasteiger partial charge in [0.15, 0.2) is 0 Å². The van der Waals surface area contributed by atoms with Crippen molar-refractivity contribution < 1.29 is 5.11 Å². The van der Waals surface area contributed by atoms with E-state index in [2.05, 4.69) is 10.2 Å². The highest BCUT2D eigenvalue weighted by Crippen LogP contribution is 2.21. The number of nitrogen functional groups attached to an aromatic ring is 1. The number of hydrogen-bond acceptors (Lipinski definition) is 4. The Bertz CT molecular complexity index is 506. The molecule has 2 aromatic carbocycles. The molecule has 2 rings (SSSR count). The van der Waals surface area contributed by atoms with Crippen molar-refractivity contribution in [2.75, 3.05) is 5.73 Å². The maximum Gasteiger partial charge on any atom is 0.115 e. The molecule has 0 aliphatic rings. The Morgan fingerprint density at radius 2 is 1.56 bits per heavy atom. The molecule has 0 heterocycles. The fourth-order valence-corrected chi connectivity index (χ4v) is 1.22. The molecule has 0 saturated heterocycles. The van der Waals surface area contributed by atoms with Gasteiger partial charge in [0.1, 0.15) is 5.75 Å². The average molecular weight is 213 g/mol. The predicted octanol–water partition coefficient (Wildman–Crippen LogP) is 3.39. The molecule has 4 heteroatoms. The molecule has 0 saturated carbocycles. The Morgan fingerprint density at radius 1 is 0.875 bits per heavy atom. The Hall–Kier alpha value is -2.36. The number of benzene rings is 2. The third-order valence-electron chi connectivity index (χ3n) is 2.00. The van der Waals surface area contributed by atoms with Crippen LogP contribution >= 0.6 is 0 Å². The highest BCUT2D eigenvalue weighted by molar-refractivity contribution is 5.50. The summed E-state index contributed by atoms with van der Waals surface area (Å²) in [6.45, 7) is 0. The lowest BCUT2D eigenvalue weighted by molar-refractivity contribution is 0.475. The van der Waals surface area contributed by atoms with E-state index in [9.17, 15) is 0 Å². The molecule has 16 heavy (non-hydrogen) atoms. The van der Waals surface area contributed by atoms with Gasteiger partial charge in [-0.25, -0.2) is 0 Å². The van der Waals surface area contributed by atoms with Crippen molar-refractivity contribution in [2.45, 2.75) is 0 Å². The smallest absolute Gasteiger partial charge is 0.115 e. The first-order valence-electron chi connectivity index (χ1n) is 4.80. The summed E-state index contributed by atoms with van der Waals surface area (Å²) < 4.78 is 0. The number of aromatic hydroxyl groups is 1. The minimum Gasteiger partial charge on any atom is -0.508 e. The summed E-state index contributed by atoms with van der Waals surface area (Å²) in [6.07, 6.45) is 0. The van der Waals surface area contributed by atoms with Crippen LogP contribution in [0.3, 0.4) is 0 Å². The molecule has 0 amide bonds. The van der Waals surface area contributed by atoms with Gasteiger partial charge in [-0.2, -0.15) is 10.2 Å². The van der Waals surface area contributed by atoms with E-state index in [1.54, 1.807) is 36.4 Å². The van der Waals surface area contributed by atoms with E-state index in [0.29, 0.717) is 17.1 Å². The van der Waals surface area contributed by atoms with E-state index in [1.165, 1.54) is 0 Å². The number of nitrogens with zero attached hydrogens (tertiary/aromatic N) is 2. The van der Waals surface area contributed by atoms with Gasteiger partial charge in [0.2, 0.25) is 0 Å². The van der Waals surface area contributed by atoms with Gasteiger partial charge in [-0.1, -0.05) is 6.07 Å². The molecular formula is C12H11N3O. The predicted molar refractivity (Wildman–Crippen MR) is 63.1 cm³/mol. The zero-order valence-electron chi connectivity index (χ0n) is 8.54. The van der Waals surface area contributed by atoms with Crippen LogP contribution in [0.2, 0.25) is 0 Å². The first kappa shape index (κ1) is 10.2. The van der Waals surface area contributed by atoms with Crippen LogP contribution in [0.1, 0.15) is 0 Å². The monoisotopic (exact) mass is 213 g/mol. The van der Waals surface area contributed by atoms with E-state index in [4.69, 9.17) is 10.8 Å². The summed E-state index contributed by atoms with van der Waals surface area (Å²) in [4.78, 5) is 0. The fraction of sp³-hybridized carbons (Fsp3) is 0. The highest BCUT2D eigenvalue weighted by atomic mass is 16.3. The minimum absolute atomic E-state index is 0.211. The summed E-state index contributed by atoms with van der Waals surface area (Å²) in [6, 6.07) is 13.7. The van der Waals surface area contributed by atoms with Gasteiger partial charge in [-0.3, -0.25) is 0 Å². The molecule has 4 nitrogen and oxygen atoms in total. The molecule has 0 unspecified atom stereocenters. The van der Waals surface area contributed by atoms with Crippen LogP contribution in [-0.4, -0.2) is 5.11 Å². The number of rotatable bonds is 2. The third kappa shape index (κ3) is 2.57. The van der Waals surface area contributed by atoms with Crippen LogP contribution in [-0.2, 0) is 0 Å². The number of nitrogens with two attached hydrogens (primary N) is 1. The Kier molecular flexibility index (Phi) is 2.82. The minimum atomic E-state index is 0.211. The van der Waals surface area contributed by atoms with Crippen molar-refractivity contribution >= 4 is 17.1 Å². The normalized spacial score (nSPS) is 10.8. The Balaban J connectivity index is 2.18. The van der Waals surface area contributed by atoms with Crippen LogP contribution in [0.25, 0.3) is 0 Å². The van der Waals surface area contributed by atoms with Crippen LogP contribution in [0.5, 0.6) is 5.75 Å². The summed E-state index contributed by atoms with van der Waals surface area (Å²) in [5, 5.41) is 17.1. The summed E-state index contributed by atoms with van der Waals surface area (Å²) in [5.41, 5.74) is 7.65. The van der Waals surface area contributed by atoms with Gasteiger partial charge in [-0.05, 0) is 42.5 Å². The number of anilines is 1. The fourth-order valence-electron chi connectivity index (χ4n) is 1.22. The van der Waals surface area contributed by atoms with Crippen LogP contribution in [0, 0.1) is 0 Å². The SMILES string of the molecule is Nc1cccc(/N=N/c2ccc(O)cc2)c1. The molecule has 80 valence electrons. The standard InChI is InChI=1S/C12H11N3O/c13-9-2-1-3-11(8-9)15-14-10-4-6-12(16)7-5-10/h1-8,16H,13H2/b15-14+. The lowest BCUT2D eigenvalue weighted by Crippen LogP contribution is -1.80. The van der Waals surface area contributed by atoms with Crippen LogP contribution in [0.15, 0.2) is 58.8 Å². The lowest BCUT2D eigenvalue weighted by Gasteiger charge is -1.95. The molecule has 0 aromatic heterocycles. The maximum atomic E-state index is 9.09. The average Bonchev–Trinajstić information content (AvgIpc) is 2.28. The quantitative estimate of drug-likeness (QED) is 0.592. The topological polar surface area (TPSA) is 71.0 Å². The summed E-state index contributed by atoms with van der Waals surface area (Å²) in [7, 11) is 0. The number of azo groups is 1. The van der Waals surface area contributed by atoms with Crippen molar-refractivity contribution in [2.24, 2.45) is 10.2 Å². The summed E-state index contributed by atoms with van der Waals surface area (Å²) in [5.74, 6) is 0.211. The van der Waals surface area contributed by atoms with E-state index >= 15 is 0 Å². The number of phenolic OH excluding ortho intramolecular Hbond substituents is 1. The van der Waals surface area contributed by atoms with Crippen molar-refractivity contribution in [3.8, 4) is 5.75 Å². The largest absolute Gasteiger partial charge is 0.508 e. The highest BCUT2D eigenvalue weighted by Gasteiger charge is 1.92. The van der Waals surface area contributed by atoms with Crippen LogP contribution in [0.4, 0.5) is 17.1 Å². The molecule has 2 aromatic rings. The lowest BCUT2D eigenvalue weighted by atomic mass is 10.3. The molecule has 0 aliphatic carbocycles. The number of hydrogen-bond donors (Lipinski definition) is 2. The summed E-state index contributed by atoms with van der Waals surface area (Å²) >= 11 is 0. The molecule has 0 aliphatic heterocycles. The van der Waals surface area contributed by atoms with Crippen molar-refractivity contribution in [1.82, 2.24) is 0 Å². The van der Waals surface area contributed by atoms with Gasteiger partial charge >= 0.3 is 0 Å². The van der Waals surface area contributed by atoms with Crippen molar-refractivity contribution in [1.29, 1.82) is 0 Å². The first-order valence-corrected chi connectivity index (χ1v) is 4.80. The molecule has 0 spiro atoms. The van der Waals surface area contributed by atoms with Crippen molar-refractivity contribution in [3.63, 3.8) is 0 Å². The maximum absolute atomic E-state index is 9.09. The molecule has 3 N–H and O–H groups in total. The second-order valence-corrected chi connectivity index (χ2v) is 3.31. The van der Waals surface area contributed by atoms with Gasteiger partial charge in [-0.15, -0.1) is 0 Å². The molecule has 0 radical (unpaired) electrons. The second kappa shape index (κ2) is 4.44. The molecule has 0 fully saturated rings. The molecular weight excluding hydrogens is 202 g/mol. The van der Waals surface area contributed by atoms with Gasteiger partial charge in [0.05, 0.1) is 11.4 Å². The molecule has 0 bridgehead atoms. The van der Waals surface area contributed by atoms with Gasteiger partial charge in [0.25, 0.3) is 0 Å². The van der Waals surface area contributed by atoms with Gasteiger partial charge < -0.3 is 10.8 Å².